The van der Waals surface area contributed by atoms with Gasteiger partial charge in [0.15, 0.2) is 6.10 Å². The minimum atomic E-state index is -4.63. The summed E-state index contributed by atoms with van der Waals surface area (Å²) in [6, 6.07) is 0. The minimum Gasteiger partial charge on any atom is -0.756 e. The van der Waals surface area contributed by atoms with Crippen LogP contribution in [0.25, 0.3) is 0 Å². The highest BCUT2D eigenvalue weighted by molar-refractivity contribution is 7.45. The fourth-order valence-electron chi connectivity index (χ4n) is 4.15. The summed E-state index contributed by atoms with van der Waals surface area (Å²) < 4.78 is 33.4. The van der Waals surface area contributed by atoms with Crippen molar-refractivity contribution in [3.63, 3.8) is 0 Å². The summed E-state index contributed by atoms with van der Waals surface area (Å²) in [6.07, 6.45) is 36.9. The van der Waals surface area contributed by atoms with E-state index in [0.29, 0.717) is 23.9 Å². The molecule has 2 atom stereocenters. The predicted molar refractivity (Wildman–Crippen MR) is 199 cm³/mol. The SMILES string of the molecule is CC/C=C\C/C=C\C/C=C\C/C=C\C/C=C\C/C=C\CCC(=O)OC(COC(=O)CCCCCCCC)COP(=O)([O-])OCC[N+](C)(C)C. The zero-order valence-electron chi connectivity index (χ0n) is 31.1. The van der Waals surface area contributed by atoms with E-state index in [-0.39, 0.29) is 26.1 Å². The van der Waals surface area contributed by atoms with Crippen LogP contribution in [0.3, 0.4) is 0 Å². The quantitative estimate of drug-likeness (QED) is 0.0231. The molecule has 280 valence electrons. The van der Waals surface area contributed by atoms with Crippen LogP contribution in [0.2, 0.25) is 0 Å². The summed E-state index contributed by atoms with van der Waals surface area (Å²) in [5.41, 5.74) is 0. The molecule has 49 heavy (non-hydrogen) atoms. The number of carbonyl (C=O) groups excluding carboxylic acids is 2. The highest BCUT2D eigenvalue weighted by Gasteiger charge is 2.21. The summed E-state index contributed by atoms with van der Waals surface area (Å²) in [5.74, 6) is -0.953. The van der Waals surface area contributed by atoms with Crippen molar-refractivity contribution in [1.29, 1.82) is 0 Å². The number of phosphoric acid groups is 1. The van der Waals surface area contributed by atoms with Gasteiger partial charge in [0.25, 0.3) is 7.82 Å². The van der Waals surface area contributed by atoms with Gasteiger partial charge in [-0.25, -0.2) is 0 Å². The van der Waals surface area contributed by atoms with Gasteiger partial charge in [-0.05, 0) is 51.4 Å². The Hall–Kier alpha value is -2.55. The van der Waals surface area contributed by atoms with Crippen LogP contribution in [0.5, 0.6) is 0 Å². The Bertz CT molecular complexity index is 1070. The van der Waals surface area contributed by atoms with E-state index in [1.807, 2.05) is 33.3 Å². The predicted octanol–water partition coefficient (Wildman–Crippen LogP) is 8.88. The van der Waals surface area contributed by atoms with Crippen molar-refractivity contribution in [2.45, 2.75) is 116 Å². The number of esters is 2. The van der Waals surface area contributed by atoms with Crippen LogP contribution in [-0.2, 0) is 32.7 Å². The maximum Gasteiger partial charge on any atom is 0.306 e. The maximum absolute atomic E-state index is 12.5. The molecule has 0 aliphatic carbocycles. The molecule has 0 saturated heterocycles. The molecule has 0 aromatic heterocycles. The Kier molecular flexibility index (Phi) is 29.8. The number of hydrogen-bond donors (Lipinski definition) is 0. The number of hydrogen-bond acceptors (Lipinski definition) is 8. The Morgan fingerprint density at radius 3 is 1.69 bits per heavy atom. The maximum atomic E-state index is 12.5. The normalized spacial score (nSPS) is 14.7. The van der Waals surface area contributed by atoms with E-state index in [1.54, 1.807) is 0 Å². The largest absolute Gasteiger partial charge is 0.756 e. The second-order valence-corrected chi connectivity index (χ2v) is 14.3. The minimum absolute atomic E-state index is 0.0477. The van der Waals surface area contributed by atoms with Crippen LogP contribution in [0.1, 0.15) is 110 Å². The van der Waals surface area contributed by atoms with E-state index in [0.717, 1.165) is 64.2 Å². The number of phosphoric ester groups is 1. The first-order chi connectivity index (χ1) is 23.5. The van der Waals surface area contributed by atoms with Gasteiger partial charge < -0.3 is 27.9 Å². The van der Waals surface area contributed by atoms with Crippen LogP contribution in [0.15, 0.2) is 72.9 Å². The van der Waals surface area contributed by atoms with Gasteiger partial charge in [0, 0.05) is 12.8 Å². The fourth-order valence-corrected chi connectivity index (χ4v) is 4.88. The third-order valence-electron chi connectivity index (χ3n) is 7.00. The molecule has 0 spiro atoms. The molecular formula is C39H66NO8P. The average molecular weight is 708 g/mol. The van der Waals surface area contributed by atoms with Crippen LogP contribution in [0.4, 0.5) is 0 Å². The second kappa shape index (κ2) is 31.4. The molecule has 0 N–H and O–H groups in total. The van der Waals surface area contributed by atoms with Gasteiger partial charge in [-0.1, -0.05) is 119 Å². The Morgan fingerprint density at radius 1 is 0.653 bits per heavy atom. The molecular weight excluding hydrogens is 641 g/mol. The molecule has 0 saturated carbocycles. The lowest BCUT2D eigenvalue weighted by Gasteiger charge is -2.28. The van der Waals surface area contributed by atoms with E-state index in [2.05, 4.69) is 74.6 Å². The average Bonchev–Trinajstić information content (AvgIpc) is 3.04. The Morgan fingerprint density at radius 2 is 1.16 bits per heavy atom. The van der Waals surface area contributed by atoms with Gasteiger partial charge in [-0.2, -0.15) is 0 Å². The van der Waals surface area contributed by atoms with Crippen molar-refractivity contribution >= 4 is 19.8 Å². The topological polar surface area (TPSA) is 111 Å². The van der Waals surface area contributed by atoms with Gasteiger partial charge in [-0.15, -0.1) is 0 Å². The number of rotatable bonds is 31. The summed E-state index contributed by atoms with van der Waals surface area (Å²) >= 11 is 0. The number of allylic oxidation sites excluding steroid dienone is 12. The second-order valence-electron chi connectivity index (χ2n) is 12.9. The van der Waals surface area contributed by atoms with Gasteiger partial charge in [0.05, 0.1) is 27.7 Å². The van der Waals surface area contributed by atoms with Crippen LogP contribution in [0, 0.1) is 0 Å². The molecule has 0 radical (unpaired) electrons. The molecule has 0 heterocycles. The fraction of sp³-hybridized carbons (Fsp3) is 0.641. The molecule has 0 fully saturated rings. The summed E-state index contributed by atoms with van der Waals surface area (Å²) in [6.45, 7) is 3.91. The highest BCUT2D eigenvalue weighted by atomic mass is 31.2. The molecule has 0 aromatic carbocycles. The van der Waals surface area contributed by atoms with Gasteiger partial charge in [0.1, 0.15) is 19.8 Å². The van der Waals surface area contributed by atoms with Gasteiger partial charge in [0.2, 0.25) is 0 Å². The van der Waals surface area contributed by atoms with E-state index >= 15 is 0 Å². The van der Waals surface area contributed by atoms with Crippen LogP contribution in [-0.4, -0.2) is 70.0 Å². The summed E-state index contributed by atoms with van der Waals surface area (Å²) in [4.78, 5) is 37.0. The van der Waals surface area contributed by atoms with Crippen molar-refractivity contribution in [2.75, 3.05) is 47.5 Å². The molecule has 2 unspecified atom stereocenters. The molecule has 0 aromatic rings. The van der Waals surface area contributed by atoms with E-state index < -0.39 is 32.5 Å². The van der Waals surface area contributed by atoms with Crippen molar-refractivity contribution < 1.29 is 42.1 Å². The van der Waals surface area contributed by atoms with Crippen molar-refractivity contribution in [2.24, 2.45) is 0 Å². The van der Waals surface area contributed by atoms with Crippen molar-refractivity contribution in [3.05, 3.63) is 72.9 Å². The van der Waals surface area contributed by atoms with Gasteiger partial charge >= 0.3 is 11.9 Å². The number of ether oxygens (including phenoxy) is 2. The first kappa shape index (κ1) is 46.5. The molecule has 0 aliphatic heterocycles. The van der Waals surface area contributed by atoms with Crippen LogP contribution >= 0.6 is 7.82 Å². The number of unbranched alkanes of at least 4 members (excludes halogenated alkanes) is 5. The lowest BCUT2D eigenvalue weighted by molar-refractivity contribution is -0.870. The molecule has 0 amide bonds. The zero-order valence-corrected chi connectivity index (χ0v) is 32.0. The number of carbonyl (C=O) groups is 2. The zero-order chi connectivity index (χ0) is 36.5. The van der Waals surface area contributed by atoms with Crippen LogP contribution < -0.4 is 4.89 Å². The molecule has 0 rings (SSSR count). The molecule has 0 aliphatic rings. The Labute approximate surface area is 298 Å². The number of quaternary nitrogens is 1. The smallest absolute Gasteiger partial charge is 0.306 e. The number of nitrogens with zero attached hydrogens (tertiary/aromatic N) is 1. The lowest BCUT2D eigenvalue weighted by Crippen LogP contribution is -2.37. The molecule has 0 bridgehead atoms. The first-order valence-electron chi connectivity index (χ1n) is 18.1. The third kappa shape index (κ3) is 35.1. The number of likely N-dealkylation sites (N-methyl/N-ethyl adjacent to an activating group) is 1. The van der Waals surface area contributed by atoms with E-state index in [9.17, 15) is 19.0 Å². The van der Waals surface area contributed by atoms with E-state index in [1.165, 1.54) is 6.42 Å². The Balaban J connectivity index is 4.54. The monoisotopic (exact) mass is 707 g/mol. The molecule has 10 heteroatoms. The van der Waals surface area contributed by atoms with Gasteiger partial charge in [-0.3, -0.25) is 14.2 Å². The summed E-state index contributed by atoms with van der Waals surface area (Å²) in [7, 11) is 1.10. The van der Waals surface area contributed by atoms with Crippen molar-refractivity contribution in [1.82, 2.24) is 0 Å². The standard InChI is InChI=1S/C39H66NO8P/c1-6-8-10-12-14-15-16-17-18-19-20-21-22-23-24-25-26-28-30-32-39(42)48-37(35-45-38(41)31-29-27-13-11-9-7-2)36-47-49(43,44)46-34-33-40(3,4)5/h8,10,14-15,17-18,20-21,23-24,26,28,37H,6-7,9,11-13,16,19,22,25,27,29-36H2,1-5H3/b10-8-,15-14-,18-17-,21-20-,24-23-,28-26-. The first-order valence-corrected chi connectivity index (χ1v) is 19.6. The third-order valence-corrected chi connectivity index (χ3v) is 7.97. The van der Waals surface area contributed by atoms with Crippen molar-refractivity contribution in [3.8, 4) is 0 Å². The molecule has 9 nitrogen and oxygen atoms in total. The van der Waals surface area contributed by atoms with E-state index in [4.69, 9.17) is 18.5 Å². The lowest BCUT2D eigenvalue weighted by atomic mass is 10.1. The summed E-state index contributed by atoms with van der Waals surface area (Å²) in [5, 5.41) is 0. The highest BCUT2D eigenvalue weighted by Crippen LogP contribution is 2.38.